The van der Waals surface area contributed by atoms with Gasteiger partial charge in [0.1, 0.15) is 5.82 Å². The van der Waals surface area contributed by atoms with Crippen molar-refractivity contribution in [3.63, 3.8) is 0 Å². The van der Waals surface area contributed by atoms with Crippen LogP contribution in [0.2, 0.25) is 0 Å². The van der Waals surface area contributed by atoms with Gasteiger partial charge in [0.15, 0.2) is 5.11 Å². The standard InChI is InChI=1S/C24H26FN5OS/c1-16(2)29-14-7-11-20(29)23-22(19-10-5-6-13-26-19)28-24(32)30(23)15-12-21(31)27-18-9-4-3-8-17(18)25/h3-11,13-14,16,22-23H,12,15H2,1-2H3,(H,27,31)(H,28,32)/t22-,23+/m1/s1. The molecular formula is C24H26FN5OS. The average molecular weight is 452 g/mol. The van der Waals surface area contributed by atoms with Crippen molar-refractivity contribution in [3.05, 3.63) is 84.2 Å². The van der Waals surface area contributed by atoms with Gasteiger partial charge in [-0.25, -0.2) is 4.39 Å². The van der Waals surface area contributed by atoms with Crippen molar-refractivity contribution >= 4 is 28.9 Å². The zero-order valence-electron chi connectivity index (χ0n) is 18.0. The van der Waals surface area contributed by atoms with Crippen molar-refractivity contribution in [1.82, 2.24) is 19.8 Å². The van der Waals surface area contributed by atoms with Crippen LogP contribution in [0.4, 0.5) is 10.1 Å². The zero-order chi connectivity index (χ0) is 22.7. The van der Waals surface area contributed by atoms with Gasteiger partial charge in [-0.3, -0.25) is 9.78 Å². The normalized spacial score (nSPS) is 18.1. The summed E-state index contributed by atoms with van der Waals surface area (Å²) in [7, 11) is 0. The third-order valence-corrected chi connectivity index (χ3v) is 5.95. The van der Waals surface area contributed by atoms with E-state index in [9.17, 15) is 9.18 Å². The lowest BCUT2D eigenvalue weighted by Crippen LogP contribution is -2.33. The number of rotatable bonds is 7. The topological polar surface area (TPSA) is 62.2 Å². The summed E-state index contributed by atoms with van der Waals surface area (Å²) >= 11 is 5.67. The van der Waals surface area contributed by atoms with E-state index in [1.54, 1.807) is 24.4 Å². The molecule has 3 aromatic rings. The number of hydrogen-bond donors (Lipinski definition) is 2. The van der Waals surface area contributed by atoms with Gasteiger partial charge in [-0.15, -0.1) is 0 Å². The molecule has 0 aliphatic carbocycles. The van der Waals surface area contributed by atoms with E-state index in [4.69, 9.17) is 12.2 Å². The molecule has 8 heteroatoms. The van der Waals surface area contributed by atoms with Gasteiger partial charge in [0.25, 0.3) is 0 Å². The minimum absolute atomic E-state index is 0.129. The molecular weight excluding hydrogens is 425 g/mol. The van der Waals surface area contributed by atoms with E-state index >= 15 is 0 Å². The molecule has 3 heterocycles. The van der Waals surface area contributed by atoms with Crippen LogP contribution in [0.15, 0.2) is 67.0 Å². The Morgan fingerprint density at radius 2 is 1.97 bits per heavy atom. The number of pyridine rings is 1. The number of benzene rings is 1. The second kappa shape index (κ2) is 9.48. The van der Waals surface area contributed by atoms with Crippen molar-refractivity contribution in [2.24, 2.45) is 0 Å². The van der Waals surface area contributed by atoms with Gasteiger partial charge >= 0.3 is 0 Å². The highest BCUT2D eigenvalue weighted by atomic mass is 32.1. The molecule has 2 aromatic heterocycles. The van der Waals surface area contributed by atoms with E-state index in [-0.39, 0.29) is 36.1 Å². The molecule has 6 nitrogen and oxygen atoms in total. The molecule has 1 aliphatic rings. The Bertz CT molecular complexity index is 1100. The molecule has 1 fully saturated rings. The predicted octanol–water partition coefficient (Wildman–Crippen LogP) is 4.60. The van der Waals surface area contributed by atoms with Crippen LogP contribution in [-0.4, -0.2) is 32.0 Å². The number of aromatic nitrogens is 2. The summed E-state index contributed by atoms with van der Waals surface area (Å²) in [6.07, 6.45) is 3.99. The number of nitrogens with one attached hydrogen (secondary N) is 2. The van der Waals surface area contributed by atoms with Crippen LogP contribution in [0.3, 0.4) is 0 Å². The Labute approximate surface area is 192 Å². The second-order valence-corrected chi connectivity index (χ2v) is 8.42. The lowest BCUT2D eigenvalue weighted by atomic mass is 10.0. The van der Waals surface area contributed by atoms with Gasteiger partial charge in [-0.05, 0) is 62.5 Å². The van der Waals surface area contributed by atoms with Crippen LogP contribution >= 0.6 is 12.2 Å². The molecule has 2 atom stereocenters. The zero-order valence-corrected chi connectivity index (χ0v) is 18.8. The van der Waals surface area contributed by atoms with Gasteiger partial charge < -0.3 is 20.1 Å². The Morgan fingerprint density at radius 3 is 2.69 bits per heavy atom. The van der Waals surface area contributed by atoms with Crippen molar-refractivity contribution < 1.29 is 9.18 Å². The molecule has 1 aromatic carbocycles. The number of hydrogen-bond acceptors (Lipinski definition) is 3. The van der Waals surface area contributed by atoms with Gasteiger partial charge in [0, 0.05) is 37.1 Å². The fourth-order valence-electron chi connectivity index (χ4n) is 4.09. The molecule has 1 amide bonds. The first-order chi connectivity index (χ1) is 15.5. The van der Waals surface area contributed by atoms with Crippen molar-refractivity contribution in [3.8, 4) is 0 Å². The highest BCUT2D eigenvalue weighted by Crippen LogP contribution is 2.39. The lowest BCUT2D eigenvalue weighted by Gasteiger charge is -2.29. The summed E-state index contributed by atoms with van der Waals surface area (Å²) in [5, 5.41) is 6.62. The van der Waals surface area contributed by atoms with Crippen LogP contribution in [0.25, 0.3) is 0 Å². The number of nitrogens with zero attached hydrogens (tertiary/aromatic N) is 3. The summed E-state index contributed by atoms with van der Waals surface area (Å²) in [6.45, 7) is 4.65. The van der Waals surface area contributed by atoms with Gasteiger partial charge in [-0.1, -0.05) is 18.2 Å². The summed E-state index contributed by atoms with van der Waals surface area (Å²) in [4.78, 5) is 19.1. The monoisotopic (exact) mass is 451 g/mol. The number of anilines is 1. The molecule has 0 unspecified atom stereocenters. The third-order valence-electron chi connectivity index (χ3n) is 5.60. The SMILES string of the molecule is CC(C)n1cccc1[C@H]1[C@@H](c2ccccn2)NC(=S)N1CCC(=O)Nc1ccccc1F. The quantitative estimate of drug-likeness (QED) is 0.514. The number of halogens is 1. The average Bonchev–Trinajstić information content (AvgIpc) is 3.39. The minimum atomic E-state index is -0.456. The first kappa shape index (κ1) is 22.0. The lowest BCUT2D eigenvalue weighted by molar-refractivity contribution is -0.116. The molecule has 1 saturated heterocycles. The molecule has 1 aliphatic heterocycles. The molecule has 166 valence electrons. The Balaban J connectivity index is 1.58. The van der Waals surface area contributed by atoms with Gasteiger partial charge in [-0.2, -0.15) is 0 Å². The highest BCUT2D eigenvalue weighted by Gasteiger charge is 2.41. The Morgan fingerprint density at radius 1 is 1.19 bits per heavy atom. The maximum Gasteiger partial charge on any atom is 0.226 e. The Hall–Kier alpha value is -3.26. The summed E-state index contributed by atoms with van der Waals surface area (Å²) < 4.78 is 16.1. The Kier molecular flexibility index (Phi) is 6.50. The number of carbonyl (C=O) groups is 1. The second-order valence-electron chi connectivity index (χ2n) is 8.03. The maximum absolute atomic E-state index is 13.9. The van der Waals surface area contributed by atoms with E-state index in [0.717, 1.165) is 11.4 Å². The molecule has 2 N–H and O–H groups in total. The predicted molar refractivity (Wildman–Crippen MR) is 127 cm³/mol. The molecule has 4 rings (SSSR count). The first-order valence-corrected chi connectivity index (χ1v) is 11.1. The van der Waals surface area contributed by atoms with Crippen LogP contribution in [0, 0.1) is 5.82 Å². The molecule has 0 spiro atoms. The number of amides is 1. The van der Waals surface area contributed by atoms with Crippen molar-refractivity contribution in [2.75, 3.05) is 11.9 Å². The largest absolute Gasteiger partial charge is 0.352 e. The number of para-hydroxylation sites is 1. The van der Waals surface area contributed by atoms with Gasteiger partial charge in [0.2, 0.25) is 5.91 Å². The van der Waals surface area contributed by atoms with Crippen LogP contribution < -0.4 is 10.6 Å². The molecule has 0 bridgehead atoms. The first-order valence-electron chi connectivity index (χ1n) is 10.6. The summed E-state index contributed by atoms with van der Waals surface area (Å²) in [5.41, 5.74) is 2.16. The van der Waals surface area contributed by atoms with E-state index < -0.39 is 5.82 Å². The number of thiocarbonyl (C=S) groups is 1. The van der Waals surface area contributed by atoms with E-state index in [0.29, 0.717) is 11.7 Å². The molecule has 32 heavy (non-hydrogen) atoms. The fraction of sp³-hybridized carbons (Fsp3) is 0.292. The van der Waals surface area contributed by atoms with E-state index in [2.05, 4.69) is 46.3 Å². The van der Waals surface area contributed by atoms with E-state index in [1.807, 2.05) is 29.2 Å². The highest BCUT2D eigenvalue weighted by molar-refractivity contribution is 7.80. The van der Waals surface area contributed by atoms with Gasteiger partial charge in [0.05, 0.1) is 23.5 Å². The smallest absolute Gasteiger partial charge is 0.226 e. The van der Waals surface area contributed by atoms with Crippen molar-refractivity contribution in [2.45, 2.75) is 38.4 Å². The molecule has 0 radical (unpaired) electrons. The molecule has 0 saturated carbocycles. The number of carbonyl (C=O) groups excluding carboxylic acids is 1. The maximum atomic E-state index is 13.9. The third kappa shape index (κ3) is 4.50. The van der Waals surface area contributed by atoms with Crippen LogP contribution in [-0.2, 0) is 4.79 Å². The summed E-state index contributed by atoms with van der Waals surface area (Å²) in [6, 6.07) is 16.1. The van der Waals surface area contributed by atoms with Crippen molar-refractivity contribution in [1.29, 1.82) is 0 Å². The van der Waals surface area contributed by atoms with E-state index in [1.165, 1.54) is 6.07 Å². The minimum Gasteiger partial charge on any atom is -0.352 e. The van der Waals surface area contributed by atoms with Crippen LogP contribution in [0.5, 0.6) is 0 Å². The summed E-state index contributed by atoms with van der Waals surface area (Å²) in [5.74, 6) is -0.723. The fourth-order valence-corrected chi connectivity index (χ4v) is 4.42. The van der Waals surface area contributed by atoms with Crippen LogP contribution in [0.1, 0.15) is 49.8 Å².